The number of ether oxygens (including phenoxy) is 2. The first-order chi connectivity index (χ1) is 9.92. The first-order valence-electron chi connectivity index (χ1n) is 6.34. The number of carbonyl (C=O) groups excluding carboxylic acids is 1. The molecule has 1 heterocycles. The summed E-state index contributed by atoms with van der Waals surface area (Å²) in [5.41, 5.74) is 0.702. The highest BCUT2D eigenvalue weighted by atomic mass is 16.6. The van der Waals surface area contributed by atoms with Gasteiger partial charge in [0.25, 0.3) is 0 Å². The smallest absolute Gasteiger partial charge is 0.342 e. The first-order valence-corrected chi connectivity index (χ1v) is 6.34. The number of nitrogens with zero attached hydrogens (tertiary/aromatic N) is 1. The summed E-state index contributed by atoms with van der Waals surface area (Å²) in [6.45, 7) is 5.10. The molecule has 2 aromatic rings. The van der Waals surface area contributed by atoms with Gasteiger partial charge in [0, 0.05) is 5.39 Å². The highest BCUT2D eigenvalue weighted by molar-refractivity contribution is 6.06. The summed E-state index contributed by atoms with van der Waals surface area (Å²) in [6, 6.07) is 1.43. The van der Waals surface area contributed by atoms with Crippen LogP contribution in [0.25, 0.3) is 11.0 Å². The third-order valence-electron chi connectivity index (χ3n) is 3.21. The van der Waals surface area contributed by atoms with Crippen molar-refractivity contribution in [1.82, 2.24) is 0 Å². The molecule has 0 atom stereocenters. The minimum Gasteiger partial charge on any atom is -0.490 e. The number of hydrogen-bond donors (Lipinski definition) is 0. The van der Waals surface area contributed by atoms with Gasteiger partial charge in [-0.25, -0.2) is 4.79 Å². The van der Waals surface area contributed by atoms with Gasteiger partial charge in [0.15, 0.2) is 5.75 Å². The number of carbonyl (C=O) groups is 1. The van der Waals surface area contributed by atoms with Gasteiger partial charge in [-0.05, 0) is 26.8 Å². The maximum Gasteiger partial charge on any atom is 0.342 e. The topological polar surface area (TPSA) is 91.8 Å². The van der Waals surface area contributed by atoms with Gasteiger partial charge < -0.3 is 13.9 Å². The quantitative estimate of drug-likeness (QED) is 0.488. The molecule has 0 saturated carbocycles. The van der Waals surface area contributed by atoms with Crippen LogP contribution in [0.5, 0.6) is 5.75 Å². The lowest BCUT2D eigenvalue weighted by atomic mass is 10.1. The van der Waals surface area contributed by atoms with Gasteiger partial charge in [0.1, 0.15) is 16.9 Å². The molecule has 0 amide bonds. The van der Waals surface area contributed by atoms with Crippen LogP contribution in [0, 0.1) is 24.0 Å². The summed E-state index contributed by atoms with van der Waals surface area (Å²) >= 11 is 0. The van der Waals surface area contributed by atoms with E-state index in [-0.39, 0.29) is 23.6 Å². The Balaban J connectivity index is 2.81. The molecule has 0 unspecified atom stereocenters. The molecule has 0 fully saturated rings. The fourth-order valence-corrected chi connectivity index (χ4v) is 2.31. The molecule has 1 aromatic carbocycles. The molecule has 0 aliphatic heterocycles. The zero-order valence-corrected chi connectivity index (χ0v) is 12.2. The first kappa shape index (κ1) is 14.8. The Labute approximate surface area is 120 Å². The number of nitro groups is 1. The van der Waals surface area contributed by atoms with Gasteiger partial charge in [-0.2, -0.15) is 0 Å². The summed E-state index contributed by atoms with van der Waals surface area (Å²) in [5.74, 6) is -0.0884. The summed E-state index contributed by atoms with van der Waals surface area (Å²) in [5, 5.41) is 11.6. The molecule has 0 radical (unpaired) electrons. The van der Waals surface area contributed by atoms with Gasteiger partial charge in [0.05, 0.1) is 24.2 Å². The number of methoxy groups -OCH3 is 1. The third kappa shape index (κ3) is 2.31. The number of rotatable bonds is 4. The highest BCUT2D eigenvalue weighted by Crippen LogP contribution is 2.40. The maximum absolute atomic E-state index is 12.0. The van der Waals surface area contributed by atoms with Crippen LogP contribution in [0.15, 0.2) is 10.5 Å². The molecule has 21 heavy (non-hydrogen) atoms. The molecular formula is C14H15NO6. The van der Waals surface area contributed by atoms with Crippen molar-refractivity contribution in [3.8, 4) is 5.75 Å². The van der Waals surface area contributed by atoms with E-state index < -0.39 is 10.9 Å². The molecule has 0 aliphatic carbocycles. The van der Waals surface area contributed by atoms with E-state index in [4.69, 9.17) is 13.9 Å². The molecule has 0 aliphatic rings. The van der Waals surface area contributed by atoms with Crippen molar-refractivity contribution >= 4 is 22.6 Å². The van der Waals surface area contributed by atoms with E-state index in [9.17, 15) is 14.9 Å². The number of hydrogen-bond acceptors (Lipinski definition) is 6. The second kappa shape index (κ2) is 5.43. The standard InChI is InChI=1S/C14H15NO6/c1-5-20-14(16)11-8(3)21-13-7(2)12(15(17)18)10(19-4)6-9(11)13/h6H,5H2,1-4H3. The average molecular weight is 293 g/mol. The molecule has 0 spiro atoms. The van der Waals surface area contributed by atoms with Crippen molar-refractivity contribution in [1.29, 1.82) is 0 Å². The molecule has 1 aromatic heterocycles. The normalized spacial score (nSPS) is 10.7. The van der Waals surface area contributed by atoms with Gasteiger partial charge in [-0.15, -0.1) is 0 Å². The Morgan fingerprint density at radius 2 is 2.10 bits per heavy atom. The molecule has 0 saturated heterocycles. The van der Waals surface area contributed by atoms with Gasteiger partial charge >= 0.3 is 11.7 Å². The molecule has 0 N–H and O–H groups in total. The van der Waals surface area contributed by atoms with Crippen LogP contribution >= 0.6 is 0 Å². The second-order valence-electron chi connectivity index (χ2n) is 4.44. The largest absolute Gasteiger partial charge is 0.490 e. The number of furan rings is 1. The van der Waals surface area contributed by atoms with Crippen LogP contribution in [-0.2, 0) is 4.74 Å². The van der Waals surface area contributed by atoms with E-state index in [0.717, 1.165) is 0 Å². The number of benzene rings is 1. The minimum absolute atomic E-state index is 0.0800. The lowest BCUT2D eigenvalue weighted by Gasteiger charge is -2.05. The van der Waals surface area contributed by atoms with Crippen LogP contribution in [-0.4, -0.2) is 24.6 Å². The number of nitro benzene ring substituents is 1. The van der Waals surface area contributed by atoms with Crippen LogP contribution < -0.4 is 4.74 Å². The van der Waals surface area contributed by atoms with Crippen molar-refractivity contribution < 1.29 is 23.6 Å². The van der Waals surface area contributed by atoms with Crippen molar-refractivity contribution in [3.63, 3.8) is 0 Å². The zero-order chi connectivity index (χ0) is 15.7. The van der Waals surface area contributed by atoms with Crippen molar-refractivity contribution in [2.45, 2.75) is 20.8 Å². The van der Waals surface area contributed by atoms with E-state index >= 15 is 0 Å². The molecule has 7 nitrogen and oxygen atoms in total. The van der Waals surface area contributed by atoms with E-state index in [1.807, 2.05) is 0 Å². The highest BCUT2D eigenvalue weighted by Gasteiger charge is 2.28. The van der Waals surface area contributed by atoms with Crippen molar-refractivity contribution in [2.75, 3.05) is 13.7 Å². The molecular weight excluding hydrogens is 278 g/mol. The Kier molecular flexibility index (Phi) is 3.84. The predicted molar refractivity (Wildman–Crippen MR) is 74.9 cm³/mol. The van der Waals surface area contributed by atoms with E-state index in [1.54, 1.807) is 20.8 Å². The third-order valence-corrected chi connectivity index (χ3v) is 3.21. The molecule has 2 rings (SSSR count). The fraction of sp³-hybridized carbons (Fsp3) is 0.357. The van der Waals surface area contributed by atoms with Crippen LogP contribution in [0.3, 0.4) is 0 Å². The fourth-order valence-electron chi connectivity index (χ4n) is 2.31. The Morgan fingerprint density at radius 3 is 2.62 bits per heavy atom. The molecule has 7 heteroatoms. The van der Waals surface area contributed by atoms with E-state index in [2.05, 4.69) is 0 Å². The molecule has 112 valence electrons. The summed E-state index contributed by atoms with van der Waals surface area (Å²) in [4.78, 5) is 22.6. The lowest BCUT2D eigenvalue weighted by Crippen LogP contribution is -2.05. The average Bonchev–Trinajstić information content (AvgIpc) is 2.74. The van der Waals surface area contributed by atoms with Crippen molar-refractivity contribution in [2.24, 2.45) is 0 Å². The zero-order valence-electron chi connectivity index (χ0n) is 12.2. The monoisotopic (exact) mass is 293 g/mol. The van der Waals surface area contributed by atoms with Crippen molar-refractivity contribution in [3.05, 3.63) is 33.1 Å². The Morgan fingerprint density at radius 1 is 1.43 bits per heavy atom. The lowest BCUT2D eigenvalue weighted by molar-refractivity contribution is -0.386. The Bertz CT molecular complexity index is 731. The minimum atomic E-state index is -0.532. The summed E-state index contributed by atoms with van der Waals surface area (Å²) in [7, 11) is 1.34. The number of esters is 1. The van der Waals surface area contributed by atoms with E-state index in [1.165, 1.54) is 13.2 Å². The van der Waals surface area contributed by atoms with Gasteiger partial charge in [0.2, 0.25) is 0 Å². The summed E-state index contributed by atoms with van der Waals surface area (Å²) in [6.07, 6.45) is 0. The number of fused-ring (bicyclic) bond motifs is 1. The maximum atomic E-state index is 12.0. The van der Waals surface area contributed by atoms with Crippen LogP contribution in [0.1, 0.15) is 28.6 Å². The van der Waals surface area contributed by atoms with Gasteiger partial charge in [-0.1, -0.05) is 0 Å². The van der Waals surface area contributed by atoms with Crippen LogP contribution in [0.4, 0.5) is 5.69 Å². The molecule has 0 bridgehead atoms. The number of aryl methyl sites for hydroxylation is 2. The Hall–Kier alpha value is -2.57. The SMILES string of the molecule is CCOC(=O)c1c(C)oc2c(C)c([N+](=O)[O-])c(OC)cc12. The van der Waals surface area contributed by atoms with Gasteiger partial charge in [-0.3, -0.25) is 10.1 Å². The van der Waals surface area contributed by atoms with Crippen LogP contribution in [0.2, 0.25) is 0 Å². The summed E-state index contributed by atoms with van der Waals surface area (Å²) < 4.78 is 15.6. The second-order valence-corrected chi connectivity index (χ2v) is 4.44. The van der Waals surface area contributed by atoms with E-state index in [0.29, 0.717) is 22.3 Å². The predicted octanol–water partition coefficient (Wildman–Crippen LogP) is 3.14.